The molecule has 0 aliphatic heterocycles. The fraction of sp³-hybridized carbons (Fsp3) is 0.158. The van der Waals surface area contributed by atoms with Gasteiger partial charge in [0.2, 0.25) is 0 Å². The van der Waals surface area contributed by atoms with E-state index in [1.165, 1.54) is 0 Å². The summed E-state index contributed by atoms with van der Waals surface area (Å²) >= 11 is 8.74. The summed E-state index contributed by atoms with van der Waals surface area (Å²) in [6.45, 7) is 3.99. The minimum absolute atomic E-state index is 0.233. The maximum Gasteiger partial charge on any atom is 0.261 e. The number of anilines is 2. The second-order valence-corrected chi connectivity index (χ2v) is 10.4. The van der Waals surface area contributed by atoms with Gasteiger partial charge in [-0.3, -0.25) is 4.72 Å². The van der Waals surface area contributed by atoms with Gasteiger partial charge in [-0.15, -0.1) is 0 Å². The van der Waals surface area contributed by atoms with E-state index in [9.17, 15) is 8.42 Å². The van der Waals surface area contributed by atoms with E-state index in [-0.39, 0.29) is 4.90 Å². The molecule has 0 heterocycles. The summed E-state index contributed by atoms with van der Waals surface area (Å²) in [5.74, 6) is 0.912. The van der Waals surface area contributed by atoms with Crippen molar-refractivity contribution in [2.24, 2.45) is 0 Å². The predicted octanol–water partition coefficient (Wildman–Crippen LogP) is 6.55. The van der Waals surface area contributed by atoms with Gasteiger partial charge in [-0.2, -0.15) is 0 Å². The van der Waals surface area contributed by atoms with E-state index in [0.29, 0.717) is 5.69 Å². The quantitative estimate of drug-likeness (QED) is 0.355. The van der Waals surface area contributed by atoms with Gasteiger partial charge >= 0.3 is 0 Å². The van der Waals surface area contributed by atoms with Crippen molar-refractivity contribution in [3.8, 4) is 0 Å². The number of halogens is 2. The highest BCUT2D eigenvalue weighted by molar-refractivity contribution is 9.11. The van der Waals surface area contributed by atoms with Gasteiger partial charge in [0.15, 0.2) is 0 Å². The highest BCUT2D eigenvalue weighted by Gasteiger charge is 2.18. The molecule has 142 valence electrons. The van der Waals surface area contributed by atoms with E-state index >= 15 is 0 Å². The van der Waals surface area contributed by atoms with Crippen molar-refractivity contribution in [1.29, 1.82) is 0 Å². The lowest BCUT2D eigenvalue weighted by Crippen LogP contribution is -2.13. The van der Waals surface area contributed by atoms with Crippen LogP contribution in [-0.4, -0.2) is 14.2 Å². The lowest BCUT2D eigenvalue weighted by Gasteiger charge is -2.16. The summed E-state index contributed by atoms with van der Waals surface area (Å²) in [4.78, 5) is 0.233. The molecule has 3 aromatic rings. The van der Waals surface area contributed by atoms with E-state index in [4.69, 9.17) is 0 Å². The Balaban J connectivity index is 2.12. The van der Waals surface area contributed by atoms with Crippen molar-refractivity contribution in [2.75, 3.05) is 15.2 Å². The fourth-order valence-corrected chi connectivity index (χ4v) is 5.28. The zero-order valence-corrected chi connectivity index (χ0v) is 19.5. The number of sulfonamides is 1. The van der Waals surface area contributed by atoms with Crippen molar-refractivity contribution >= 4 is 76.0 Å². The lowest BCUT2D eigenvalue weighted by atomic mass is 10.1. The van der Waals surface area contributed by atoms with Crippen LogP contribution in [0.15, 0.2) is 62.4 Å². The molecule has 8 heteroatoms. The molecule has 0 aromatic heterocycles. The summed E-state index contributed by atoms with van der Waals surface area (Å²) in [5, 5.41) is 1.70. The number of aryl methyl sites for hydroxylation is 1. The Morgan fingerprint density at radius 2 is 1.44 bits per heavy atom. The molecular formula is C19H18Br2N2O2S2. The normalized spacial score (nSPS) is 11.6. The van der Waals surface area contributed by atoms with Gasteiger partial charge in [0.25, 0.3) is 10.0 Å². The van der Waals surface area contributed by atoms with Gasteiger partial charge in [-0.1, -0.05) is 68.4 Å². The number of rotatable bonds is 6. The second kappa shape index (κ2) is 8.43. The summed E-state index contributed by atoms with van der Waals surface area (Å²) in [5.41, 5.74) is 2.45. The summed E-state index contributed by atoms with van der Waals surface area (Å²) in [6, 6.07) is 14.3. The third-order valence-corrected chi connectivity index (χ3v) is 7.32. The Bertz CT molecular complexity index is 1090. The van der Waals surface area contributed by atoms with Crippen molar-refractivity contribution < 1.29 is 8.42 Å². The number of benzene rings is 3. The van der Waals surface area contributed by atoms with Gasteiger partial charge in [-0.05, 0) is 43.3 Å². The maximum atomic E-state index is 12.9. The van der Waals surface area contributed by atoms with Crippen LogP contribution in [0.3, 0.4) is 0 Å². The molecule has 0 aliphatic rings. The molecule has 3 aromatic carbocycles. The van der Waals surface area contributed by atoms with Crippen LogP contribution >= 0.6 is 43.8 Å². The Hall–Kier alpha value is -1.22. The molecule has 0 atom stereocenters. The van der Waals surface area contributed by atoms with E-state index in [1.54, 1.807) is 42.3 Å². The van der Waals surface area contributed by atoms with Crippen LogP contribution in [0, 0.1) is 6.92 Å². The Kier molecular flexibility index (Phi) is 6.40. The minimum atomic E-state index is -3.69. The van der Waals surface area contributed by atoms with E-state index in [0.717, 1.165) is 36.7 Å². The average molecular weight is 530 g/mol. The van der Waals surface area contributed by atoms with Gasteiger partial charge < -0.3 is 4.72 Å². The first-order valence-corrected chi connectivity index (χ1v) is 12.3. The van der Waals surface area contributed by atoms with E-state index in [1.807, 2.05) is 25.1 Å². The van der Waals surface area contributed by atoms with Gasteiger partial charge in [0.05, 0.1) is 16.3 Å². The first-order valence-electron chi connectivity index (χ1n) is 8.21. The Morgan fingerprint density at radius 3 is 2.04 bits per heavy atom. The molecule has 2 N–H and O–H groups in total. The summed E-state index contributed by atoms with van der Waals surface area (Å²) in [6.07, 6.45) is 0. The molecule has 0 saturated heterocycles. The average Bonchev–Trinajstić information content (AvgIpc) is 2.63. The molecule has 0 radical (unpaired) electrons. The Morgan fingerprint density at radius 1 is 0.889 bits per heavy atom. The zero-order valence-electron chi connectivity index (χ0n) is 14.7. The van der Waals surface area contributed by atoms with Gasteiger partial charge in [0, 0.05) is 25.5 Å². The zero-order chi connectivity index (χ0) is 19.6. The third kappa shape index (κ3) is 4.45. The van der Waals surface area contributed by atoms with Crippen molar-refractivity contribution in [1.82, 2.24) is 0 Å². The molecule has 0 bridgehead atoms. The molecule has 0 amide bonds. The second-order valence-electron chi connectivity index (χ2n) is 5.89. The fourth-order valence-electron chi connectivity index (χ4n) is 2.65. The summed E-state index contributed by atoms with van der Waals surface area (Å²) < 4.78 is 33.5. The smallest absolute Gasteiger partial charge is 0.261 e. The van der Waals surface area contributed by atoms with Crippen molar-refractivity contribution in [2.45, 2.75) is 18.7 Å². The molecule has 0 saturated carbocycles. The number of hydrogen-bond donors (Lipinski definition) is 2. The monoisotopic (exact) mass is 528 g/mol. The lowest BCUT2D eigenvalue weighted by molar-refractivity contribution is 0.601. The van der Waals surface area contributed by atoms with Crippen LogP contribution in [0.5, 0.6) is 0 Å². The van der Waals surface area contributed by atoms with Crippen LogP contribution in [-0.2, 0) is 10.0 Å². The molecule has 0 fully saturated rings. The highest BCUT2D eigenvalue weighted by atomic mass is 79.9. The minimum Gasteiger partial charge on any atom is -0.329 e. The van der Waals surface area contributed by atoms with Crippen LogP contribution in [0.25, 0.3) is 10.8 Å². The standard InChI is InChI=1S/C19H18Br2N2O2S2/c1-3-26-22-16-10-8-15(21)19-17(11-9-14(20)18(16)19)23-27(24,25)13-6-4-12(2)5-7-13/h4-11,22-23H,3H2,1-2H3. The van der Waals surface area contributed by atoms with Crippen LogP contribution in [0.2, 0.25) is 0 Å². The number of nitrogens with one attached hydrogen (secondary N) is 2. The maximum absolute atomic E-state index is 12.9. The van der Waals surface area contributed by atoms with Gasteiger partial charge in [0.1, 0.15) is 0 Å². The van der Waals surface area contributed by atoms with Crippen molar-refractivity contribution in [3.05, 3.63) is 63.0 Å². The molecule has 4 nitrogen and oxygen atoms in total. The number of hydrogen-bond acceptors (Lipinski definition) is 4. The van der Waals surface area contributed by atoms with E-state index < -0.39 is 10.0 Å². The largest absolute Gasteiger partial charge is 0.329 e. The first kappa shape index (κ1) is 20.5. The molecule has 0 unspecified atom stereocenters. The molecule has 0 aliphatic carbocycles. The first-order chi connectivity index (χ1) is 12.8. The third-order valence-electron chi connectivity index (χ3n) is 3.96. The van der Waals surface area contributed by atoms with Gasteiger partial charge in [-0.25, -0.2) is 8.42 Å². The Labute approximate surface area is 180 Å². The van der Waals surface area contributed by atoms with E-state index in [2.05, 4.69) is 48.2 Å². The van der Waals surface area contributed by atoms with Crippen LogP contribution in [0.4, 0.5) is 11.4 Å². The summed E-state index contributed by atoms with van der Waals surface area (Å²) in [7, 11) is -3.69. The van der Waals surface area contributed by atoms with Crippen molar-refractivity contribution in [3.63, 3.8) is 0 Å². The highest BCUT2D eigenvalue weighted by Crippen LogP contribution is 2.41. The molecule has 3 rings (SSSR count). The topological polar surface area (TPSA) is 58.2 Å². The SMILES string of the molecule is CCSNc1ccc(Br)c2c(NS(=O)(=O)c3ccc(C)cc3)ccc(Br)c12. The number of fused-ring (bicyclic) bond motifs is 1. The predicted molar refractivity (Wildman–Crippen MR) is 123 cm³/mol. The molecule has 0 spiro atoms. The van der Waals surface area contributed by atoms with Crippen LogP contribution in [0.1, 0.15) is 12.5 Å². The van der Waals surface area contributed by atoms with Crippen LogP contribution < -0.4 is 9.44 Å². The molecule has 27 heavy (non-hydrogen) atoms. The molecular weight excluding hydrogens is 512 g/mol.